The summed E-state index contributed by atoms with van der Waals surface area (Å²) >= 11 is 6.12. The molecule has 2 rings (SSSR count). The summed E-state index contributed by atoms with van der Waals surface area (Å²) in [6.07, 6.45) is 2.57. The lowest BCUT2D eigenvalue weighted by molar-refractivity contribution is -0.118. The average Bonchev–Trinajstić information content (AvgIpc) is 2.67. The highest BCUT2D eigenvalue weighted by molar-refractivity contribution is 7.89. The number of anilines is 1. The maximum atomic E-state index is 12.2. The summed E-state index contributed by atoms with van der Waals surface area (Å²) in [5.74, 6) is -0.0936. The molecule has 1 amide bonds. The molecule has 2 aromatic carbocycles. The monoisotopic (exact) mass is 424 g/mol. The Morgan fingerprint density at radius 3 is 2.43 bits per heavy atom. The van der Waals surface area contributed by atoms with E-state index in [9.17, 15) is 13.2 Å². The standard InChI is InChI=1S/C20H25ClN2O4S/c1-3-5-12-22-28(25,26)17-10-11-19(18(21)13-17)27-14-20(24)23-16-8-6-15(4-2)7-9-16/h6-11,13,22H,3-5,12,14H2,1-2H3,(H,23,24). The van der Waals surface area contributed by atoms with Crippen LogP contribution in [0, 0.1) is 0 Å². The number of nitrogens with one attached hydrogen (secondary N) is 2. The molecule has 0 fully saturated rings. The van der Waals surface area contributed by atoms with Gasteiger partial charge in [0, 0.05) is 12.2 Å². The van der Waals surface area contributed by atoms with Gasteiger partial charge in [-0.1, -0.05) is 44.0 Å². The van der Waals surface area contributed by atoms with Crippen LogP contribution in [-0.4, -0.2) is 27.5 Å². The molecular formula is C20H25ClN2O4S. The van der Waals surface area contributed by atoms with Crippen LogP contribution < -0.4 is 14.8 Å². The summed E-state index contributed by atoms with van der Waals surface area (Å²) in [6, 6.07) is 11.7. The number of carbonyl (C=O) groups excluding carboxylic acids is 1. The Kier molecular flexibility index (Phi) is 8.29. The molecule has 0 heterocycles. The molecule has 152 valence electrons. The lowest BCUT2D eigenvalue weighted by atomic mass is 10.1. The number of hydrogen-bond acceptors (Lipinski definition) is 4. The molecule has 0 unspecified atom stereocenters. The Labute approximate surface area is 171 Å². The Morgan fingerprint density at radius 1 is 1.11 bits per heavy atom. The Bertz CT molecular complexity index is 899. The van der Waals surface area contributed by atoms with E-state index >= 15 is 0 Å². The first-order chi connectivity index (χ1) is 13.4. The van der Waals surface area contributed by atoms with Crippen molar-refractivity contribution in [2.75, 3.05) is 18.5 Å². The number of benzene rings is 2. The normalized spacial score (nSPS) is 11.2. The van der Waals surface area contributed by atoms with Crippen LogP contribution in [0.5, 0.6) is 5.75 Å². The van der Waals surface area contributed by atoms with Gasteiger partial charge in [-0.15, -0.1) is 0 Å². The predicted molar refractivity (Wildman–Crippen MR) is 111 cm³/mol. The van der Waals surface area contributed by atoms with Gasteiger partial charge in [0.2, 0.25) is 10.0 Å². The van der Waals surface area contributed by atoms with Crippen molar-refractivity contribution in [1.29, 1.82) is 0 Å². The molecule has 0 saturated carbocycles. The minimum absolute atomic E-state index is 0.0569. The van der Waals surface area contributed by atoms with Crippen molar-refractivity contribution in [3.8, 4) is 5.75 Å². The van der Waals surface area contributed by atoms with Crippen molar-refractivity contribution in [3.05, 3.63) is 53.1 Å². The van der Waals surface area contributed by atoms with E-state index in [1.54, 1.807) is 0 Å². The van der Waals surface area contributed by atoms with Gasteiger partial charge in [-0.25, -0.2) is 13.1 Å². The molecule has 0 spiro atoms. The smallest absolute Gasteiger partial charge is 0.262 e. The molecule has 0 radical (unpaired) electrons. The summed E-state index contributed by atoms with van der Waals surface area (Å²) in [5, 5.41) is 2.86. The second-order valence-electron chi connectivity index (χ2n) is 6.23. The minimum Gasteiger partial charge on any atom is -0.482 e. The molecule has 0 aliphatic carbocycles. The largest absolute Gasteiger partial charge is 0.482 e. The van der Waals surface area contributed by atoms with Crippen LogP contribution >= 0.6 is 11.6 Å². The van der Waals surface area contributed by atoms with Crippen molar-refractivity contribution in [2.45, 2.75) is 38.0 Å². The zero-order valence-electron chi connectivity index (χ0n) is 16.0. The van der Waals surface area contributed by atoms with E-state index in [0.717, 1.165) is 19.3 Å². The van der Waals surface area contributed by atoms with Crippen molar-refractivity contribution in [2.24, 2.45) is 0 Å². The van der Waals surface area contributed by atoms with Gasteiger partial charge in [0.15, 0.2) is 6.61 Å². The van der Waals surface area contributed by atoms with Gasteiger partial charge in [-0.2, -0.15) is 0 Å². The predicted octanol–water partition coefficient (Wildman–Crippen LogP) is 4.00. The first-order valence-corrected chi connectivity index (χ1v) is 11.0. The zero-order chi connectivity index (χ0) is 20.6. The van der Waals surface area contributed by atoms with Crippen LogP contribution in [0.1, 0.15) is 32.3 Å². The van der Waals surface area contributed by atoms with E-state index < -0.39 is 10.0 Å². The first-order valence-electron chi connectivity index (χ1n) is 9.16. The quantitative estimate of drug-likeness (QED) is 0.564. The third kappa shape index (κ3) is 6.51. The molecule has 0 bridgehead atoms. The van der Waals surface area contributed by atoms with E-state index in [-0.39, 0.29) is 28.2 Å². The molecule has 6 nitrogen and oxygen atoms in total. The third-order valence-corrected chi connectivity index (χ3v) is 5.79. The minimum atomic E-state index is -3.62. The molecule has 0 atom stereocenters. The first kappa shape index (κ1) is 22.2. The number of amides is 1. The Hall–Kier alpha value is -2.09. The van der Waals surface area contributed by atoms with Gasteiger partial charge in [-0.05, 0) is 48.7 Å². The molecule has 8 heteroatoms. The molecular weight excluding hydrogens is 400 g/mol. The van der Waals surface area contributed by atoms with Gasteiger partial charge >= 0.3 is 0 Å². The topological polar surface area (TPSA) is 84.5 Å². The number of ether oxygens (including phenoxy) is 1. The van der Waals surface area contributed by atoms with Crippen molar-refractivity contribution < 1.29 is 17.9 Å². The highest BCUT2D eigenvalue weighted by Gasteiger charge is 2.16. The van der Waals surface area contributed by atoms with Crippen LogP contribution in [0.25, 0.3) is 0 Å². The summed E-state index contributed by atoms with van der Waals surface area (Å²) in [4.78, 5) is 12.1. The van der Waals surface area contributed by atoms with Crippen LogP contribution in [-0.2, 0) is 21.2 Å². The van der Waals surface area contributed by atoms with Gasteiger partial charge in [0.1, 0.15) is 5.75 Å². The SMILES string of the molecule is CCCCNS(=O)(=O)c1ccc(OCC(=O)Nc2ccc(CC)cc2)c(Cl)c1. The number of sulfonamides is 1. The zero-order valence-corrected chi connectivity index (χ0v) is 17.6. The summed E-state index contributed by atoms with van der Waals surface area (Å²) < 4.78 is 32.4. The molecule has 0 saturated heterocycles. The number of carbonyl (C=O) groups is 1. The molecule has 2 N–H and O–H groups in total. The summed E-state index contributed by atoms with van der Waals surface area (Å²) in [5.41, 5.74) is 1.86. The fraction of sp³-hybridized carbons (Fsp3) is 0.350. The second-order valence-corrected chi connectivity index (χ2v) is 8.41. The maximum Gasteiger partial charge on any atom is 0.262 e. The van der Waals surface area contributed by atoms with E-state index in [1.807, 2.05) is 31.2 Å². The second kappa shape index (κ2) is 10.5. The molecule has 0 aliphatic heterocycles. The Morgan fingerprint density at radius 2 is 1.82 bits per heavy atom. The molecule has 28 heavy (non-hydrogen) atoms. The molecule has 0 aliphatic rings. The fourth-order valence-electron chi connectivity index (χ4n) is 2.40. The molecule has 0 aromatic heterocycles. The highest BCUT2D eigenvalue weighted by Crippen LogP contribution is 2.27. The van der Waals surface area contributed by atoms with Crippen LogP contribution in [0.3, 0.4) is 0 Å². The Balaban J connectivity index is 1.94. The lowest BCUT2D eigenvalue weighted by Gasteiger charge is -2.11. The number of hydrogen-bond donors (Lipinski definition) is 2. The van der Waals surface area contributed by atoms with E-state index in [4.69, 9.17) is 16.3 Å². The van der Waals surface area contributed by atoms with Crippen LogP contribution in [0.4, 0.5) is 5.69 Å². The third-order valence-electron chi connectivity index (χ3n) is 4.04. The number of unbranched alkanes of at least 4 members (excludes halogenated alkanes) is 1. The van der Waals surface area contributed by atoms with Crippen molar-refractivity contribution in [3.63, 3.8) is 0 Å². The van der Waals surface area contributed by atoms with Gasteiger partial charge in [0.05, 0.1) is 9.92 Å². The van der Waals surface area contributed by atoms with Gasteiger partial charge in [-0.3, -0.25) is 4.79 Å². The van der Waals surface area contributed by atoms with Gasteiger partial charge in [0.25, 0.3) is 5.91 Å². The van der Waals surface area contributed by atoms with Crippen LogP contribution in [0.15, 0.2) is 47.4 Å². The fourth-order valence-corrected chi connectivity index (χ4v) is 3.80. The summed E-state index contributed by atoms with van der Waals surface area (Å²) in [7, 11) is -3.62. The number of rotatable bonds is 10. The lowest BCUT2D eigenvalue weighted by Crippen LogP contribution is -2.24. The van der Waals surface area contributed by atoms with Crippen LogP contribution in [0.2, 0.25) is 5.02 Å². The highest BCUT2D eigenvalue weighted by atomic mass is 35.5. The van der Waals surface area contributed by atoms with E-state index in [1.165, 1.54) is 23.8 Å². The van der Waals surface area contributed by atoms with Crippen molar-refractivity contribution >= 4 is 33.2 Å². The van der Waals surface area contributed by atoms with Gasteiger partial charge < -0.3 is 10.1 Å². The van der Waals surface area contributed by atoms with E-state index in [2.05, 4.69) is 17.0 Å². The number of halogens is 1. The maximum absolute atomic E-state index is 12.2. The van der Waals surface area contributed by atoms with Crippen molar-refractivity contribution in [1.82, 2.24) is 4.72 Å². The number of aryl methyl sites for hydroxylation is 1. The summed E-state index contributed by atoms with van der Waals surface area (Å²) in [6.45, 7) is 4.17. The molecule has 2 aromatic rings. The average molecular weight is 425 g/mol. The van der Waals surface area contributed by atoms with E-state index in [0.29, 0.717) is 12.2 Å².